The molecule has 0 fully saturated rings. The minimum absolute atomic E-state index is 0.0440. The van der Waals surface area contributed by atoms with Crippen LogP contribution in [0.15, 0.2) is 109 Å². The first-order chi connectivity index (χ1) is 19.9. The van der Waals surface area contributed by atoms with Gasteiger partial charge in [0.15, 0.2) is 0 Å². The molecule has 9 nitrogen and oxygen atoms in total. The van der Waals surface area contributed by atoms with Gasteiger partial charge < -0.3 is 25.4 Å². The van der Waals surface area contributed by atoms with Crippen molar-refractivity contribution < 1.29 is 28.7 Å². The van der Waals surface area contributed by atoms with Gasteiger partial charge in [-0.05, 0) is 35.4 Å². The third-order valence-electron chi connectivity index (χ3n) is 6.11. The van der Waals surface area contributed by atoms with Gasteiger partial charge in [-0.25, -0.2) is 9.59 Å². The average molecular weight is 552 g/mol. The lowest BCUT2D eigenvalue weighted by Gasteiger charge is -2.20. The van der Waals surface area contributed by atoms with Crippen molar-refractivity contribution in [3.05, 3.63) is 131 Å². The summed E-state index contributed by atoms with van der Waals surface area (Å²) in [4.78, 5) is 51.5. The standard InChI is InChI=1S/C32H29N3O6/c1-40-31(38)25-17-9-11-19-27(25)33-29(36)24-16-8-10-18-26(24)34-30(37)28(20-22-12-4-2-5-13-22)35-32(39)41-21-23-14-6-3-7-15-23/h2-19,28H,20-21H2,1H3,(H,33,36)(H,34,37)(H,35,39)/t28-/m0/s1. The van der Waals surface area contributed by atoms with Crippen molar-refractivity contribution in [2.24, 2.45) is 0 Å². The van der Waals surface area contributed by atoms with E-state index in [4.69, 9.17) is 9.47 Å². The minimum atomic E-state index is -1.00. The fourth-order valence-electron chi connectivity index (χ4n) is 4.05. The van der Waals surface area contributed by atoms with Crippen molar-refractivity contribution in [1.82, 2.24) is 5.32 Å². The summed E-state index contributed by atoms with van der Waals surface area (Å²) in [5, 5.41) is 8.12. The zero-order valence-corrected chi connectivity index (χ0v) is 22.3. The number of carbonyl (C=O) groups is 4. The van der Waals surface area contributed by atoms with Gasteiger partial charge in [0.1, 0.15) is 12.6 Å². The first kappa shape index (κ1) is 28.6. The monoisotopic (exact) mass is 551 g/mol. The summed E-state index contributed by atoms with van der Waals surface area (Å²) in [6.45, 7) is 0.0440. The number of ether oxygens (including phenoxy) is 2. The molecule has 0 spiro atoms. The molecule has 0 aliphatic heterocycles. The Labute approximate surface area is 237 Å². The maximum atomic E-state index is 13.5. The number of alkyl carbamates (subject to hydrolysis) is 1. The van der Waals surface area contributed by atoms with Gasteiger partial charge in [0, 0.05) is 6.42 Å². The lowest BCUT2D eigenvalue weighted by atomic mass is 10.0. The van der Waals surface area contributed by atoms with E-state index in [1.165, 1.54) is 13.2 Å². The first-order valence-corrected chi connectivity index (χ1v) is 12.8. The van der Waals surface area contributed by atoms with Crippen LogP contribution in [0.4, 0.5) is 16.2 Å². The summed E-state index contributed by atoms with van der Waals surface area (Å²) in [5.74, 6) is -1.69. The van der Waals surface area contributed by atoms with Crippen molar-refractivity contribution in [1.29, 1.82) is 0 Å². The van der Waals surface area contributed by atoms with Crippen molar-refractivity contribution in [2.45, 2.75) is 19.1 Å². The molecule has 9 heteroatoms. The topological polar surface area (TPSA) is 123 Å². The number of hydrogen-bond donors (Lipinski definition) is 3. The number of benzene rings is 4. The molecule has 4 aromatic carbocycles. The Morgan fingerprint density at radius 3 is 1.83 bits per heavy atom. The van der Waals surface area contributed by atoms with Crippen molar-refractivity contribution in [3.63, 3.8) is 0 Å². The minimum Gasteiger partial charge on any atom is -0.465 e. The maximum absolute atomic E-state index is 13.5. The number of carbonyl (C=O) groups excluding carboxylic acids is 4. The Balaban J connectivity index is 1.50. The number of para-hydroxylation sites is 2. The van der Waals surface area contributed by atoms with Gasteiger partial charge in [0.25, 0.3) is 5.91 Å². The summed E-state index contributed by atoms with van der Waals surface area (Å²) in [5.41, 5.74) is 2.46. The molecule has 3 amide bonds. The number of nitrogens with one attached hydrogen (secondary N) is 3. The summed E-state index contributed by atoms with van der Waals surface area (Å²) >= 11 is 0. The second-order valence-corrected chi connectivity index (χ2v) is 8.97. The van der Waals surface area contributed by atoms with Gasteiger partial charge in [-0.1, -0.05) is 84.9 Å². The Kier molecular flexibility index (Phi) is 9.82. The molecule has 3 N–H and O–H groups in total. The number of hydrogen-bond acceptors (Lipinski definition) is 6. The average Bonchev–Trinajstić information content (AvgIpc) is 3.01. The fraction of sp³-hybridized carbons (Fsp3) is 0.125. The lowest BCUT2D eigenvalue weighted by molar-refractivity contribution is -0.118. The van der Waals surface area contributed by atoms with E-state index >= 15 is 0 Å². The summed E-state index contributed by atoms with van der Waals surface area (Å²) in [6.07, 6.45) is -0.566. The van der Waals surface area contributed by atoms with Crippen molar-refractivity contribution in [3.8, 4) is 0 Å². The normalized spacial score (nSPS) is 11.0. The van der Waals surface area contributed by atoms with Crippen LogP contribution in [-0.4, -0.2) is 37.0 Å². The van der Waals surface area contributed by atoms with E-state index in [1.807, 2.05) is 60.7 Å². The largest absolute Gasteiger partial charge is 0.465 e. The molecule has 208 valence electrons. The van der Waals surface area contributed by atoms with E-state index in [2.05, 4.69) is 16.0 Å². The zero-order valence-electron chi connectivity index (χ0n) is 22.3. The van der Waals surface area contributed by atoms with E-state index in [9.17, 15) is 19.2 Å². The fourth-order valence-corrected chi connectivity index (χ4v) is 4.05. The Hall–Kier alpha value is -5.44. The van der Waals surface area contributed by atoms with Crippen LogP contribution >= 0.6 is 0 Å². The van der Waals surface area contributed by atoms with Gasteiger partial charge in [-0.2, -0.15) is 0 Å². The predicted octanol–water partition coefficient (Wildman–Crippen LogP) is 5.20. The van der Waals surface area contributed by atoms with E-state index < -0.39 is 29.9 Å². The van der Waals surface area contributed by atoms with Gasteiger partial charge in [0.05, 0.1) is 29.6 Å². The smallest absolute Gasteiger partial charge is 0.408 e. The van der Waals surface area contributed by atoms with E-state index in [-0.39, 0.29) is 35.5 Å². The molecule has 4 aromatic rings. The van der Waals surface area contributed by atoms with Gasteiger partial charge in [0.2, 0.25) is 5.91 Å². The molecule has 41 heavy (non-hydrogen) atoms. The molecule has 4 rings (SSSR count). The molecule has 0 radical (unpaired) electrons. The summed E-state index contributed by atoms with van der Waals surface area (Å²) < 4.78 is 10.1. The van der Waals surface area contributed by atoms with Crippen molar-refractivity contribution >= 4 is 35.3 Å². The van der Waals surface area contributed by atoms with Gasteiger partial charge in [-0.15, -0.1) is 0 Å². The van der Waals surface area contributed by atoms with Crippen LogP contribution in [0.5, 0.6) is 0 Å². The number of anilines is 2. The molecule has 0 saturated carbocycles. The third-order valence-corrected chi connectivity index (χ3v) is 6.11. The van der Waals surface area contributed by atoms with E-state index in [0.717, 1.165) is 11.1 Å². The number of methoxy groups -OCH3 is 1. The molecular weight excluding hydrogens is 522 g/mol. The number of amides is 3. The van der Waals surface area contributed by atoms with Crippen LogP contribution in [0, 0.1) is 0 Å². The summed E-state index contributed by atoms with van der Waals surface area (Å²) in [7, 11) is 1.25. The van der Waals surface area contributed by atoms with Crippen LogP contribution in [0.3, 0.4) is 0 Å². The first-order valence-electron chi connectivity index (χ1n) is 12.8. The number of rotatable bonds is 10. The SMILES string of the molecule is COC(=O)c1ccccc1NC(=O)c1ccccc1NC(=O)[C@H](Cc1ccccc1)NC(=O)OCc1ccccc1. The quantitative estimate of drug-likeness (QED) is 0.233. The molecule has 0 aliphatic carbocycles. The Morgan fingerprint density at radius 1 is 0.659 bits per heavy atom. The molecular formula is C32H29N3O6. The zero-order chi connectivity index (χ0) is 29.0. The molecule has 0 bridgehead atoms. The highest BCUT2D eigenvalue weighted by Gasteiger charge is 2.24. The Morgan fingerprint density at radius 2 is 1.20 bits per heavy atom. The van der Waals surface area contributed by atoms with Crippen LogP contribution < -0.4 is 16.0 Å². The lowest BCUT2D eigenvalue weighted by Crippen LogP contribution is -2.45. The van der Waals surface area contributed by atoms with Crippen LogP contribution in [-0.2, 0) is 27.3 Å². The van der Waals surface area contributed by atoms with Gasteiger partial charge >= 0.3 is 12.1 Å². The molecule has 0 aliphatic rings. The highest BCUT2D eigenvalue weighted by molar-refractivity contribution is 6.12. The molecule has 0 aromatic heterocycles. The van der Waals surface area contributed by atoms with Crippen LogP contribution in [0.25, 0.3) is 0 Å². The third kappa shape index (κ3) is 8.03. The molecule has 0 heterocycles. The second kappa shape index (κ2) is 14.1. The van der Waals surface area contributed by atoms with E-state index in [0.29, 0.717) is 0 Å². The second-order valence-electron chi connectivity index (χ2n) is 8.97. The van der Waals surface area contributed by atoms with Crippen LogP contribution in [0.1, 0.15) is 31.8 Å². The molecule has 0 saturated heterocycles. The molecule has 0 unspecified atom stereocenters. The van der Waals surface area contributed by atoms with E-state index in [1.54, 1.807) is 42.5 Å². The summed E-state index contributed by atoms with van der Waals surface area (Å²) in [6, 6.07) is 30.3. The van der Waals surface area contributed by atoms with Gasteiger partial charge in [-0.3, -0.25) is 9.59 Å². The highest BCUT2D eigenvalue weighted by atomic mass is 16.5. The highest BCUT2D eigenvalue weighted by Crippen LogP contribution is 2.21. The number of esters is 1. The van der Waals surface area contributed by atoms with Crippen LogP contribution in [0.2, 0.25) is 0 Å². The Bertz CT molecular complexity index is 1510. The van der Waals surface area contributed by atoms with Crippen molar-refractivity contribution in [2.75, 3.05) is 17.7 Å². The maximum Gasteiger partial charge on any atom is 0.408 e. The molecule has 1 atom stereocenters. The predicted molar refractivity (Wildman–Crippen MR) is 155 cm³/mol.